The molecule has 2 aromatic rings. The number of hydrogen-bond donors (Lipinski definition) is 1. The molecule has 1 fully saturated rings. The monoisotopic (exact) mass is 243 g/mol. The molecule has 4 nitrogen and oxygen atoms in total. The molecule has 0 unspecified atom stereocenters. The van der Waals surface area contributed by atoms with E-state index in [1.54, 1.807) is 13.3 Å². The SMILES string of the molecule is COc1ncc(C2(C(=O)O)CC2)c2ccccc12. The van der Waals surface area contributed by atoms with Gasteiger partial charge in [-0.2, -0.15) is 0 Å². The Balaban J connectivity index is 2.29. The summed E-state index contributed by atoms with van der Waals surface area (Å²) in [5, 5.41) is 11.2. The van der Waals surface area contributed by atoms with Gasteiger partial charge >= 0.3 is 5.97 Å². The highest BCUT2D eigenvalue weighted by Crippen LogP contribution is 2.50. The summed E-state index contributed by atoms with van der Waals surface area (Å²) in [5.74, 6) is -0.227. The van der Waals surface area contributed by atoms with Crippen molar-refractivity contribution in [1.29, 1.82) is 0 Å². The van der Waals surface area contributed by atoms with Crippen LogP contribution >= 0.6 is 0 Å². The second-order valence-electron chi connectivity index (χ2n) is 4.61. The van der Waals surface area contributed by atoms with E-state index >= 15 is 0 Å². The topological polar surface area (TPSA) is 59.4 Å². The average Bonchev–Trinajstić information content (AvgIpc) is 3.19. The van der Waals surface area contributed by atoms with E-state index in [9.17, 15) is 9.90 Å². The minimum Gasteiger partial charge on any atom is -0.481 e. The Morgan fingerprint density at radius 2 is 2.00 bits per heavy atom. The van der Waals surface area contributed by atoms with Gasteiger partial charge < -0.3 is 9.84 Å². The van der Waals surface area contributed by atoms with Crippen molar-refractivity contribution >= 4 is 16.7 Å². The summed E-state index contributed by atoms with van der Waals surface area (Å²) < 4.78 is 5.22. The Kier molecular flexibility index (Phi) is 2.26. The van der Waals surface area contributed by atoms with Gasteiger partial charge in [-0.1, -0.05) is 18.2 Å². The standard InChI is InChI=1S/C14H13NO3/c1-18-12-10-5-3-2-4-9(10)11(8-15-12)14(6-7-14)13(16)17/h2-5,8H,6-7H2,1H3,(H,16,17). The van der Waals surface area contributed by atoms with E-state index in [1.807, 2.05) is 24.3 Å². The molecule has 1 aliphatic carbocycles. The van der Waals surface area contributed by atoms with Crippen LogP contribution in [0.4, 0.5) is 0 Å². The molecule has 1 aromatic heterocycles. The van der Waals surface area contributed by atoms with Crippen molar-refractivity contribution in [2.45, 2.75) is 18.3 Å². The first-order chi connectivity index (χ1) is 8.69. The van der Waals surface area contributed by atoms with Crippen LogP contribution in [0.25, 0.3) is 10.8 Å². The molecule has 0 bridgehead atoms. The Morgan fingerprint density at radius 3 is 2.56 bits per heavy atom. The number of carbonyl (C=O) groups is 1. The van der Waals surface area contributed by atoms with Crippen LogP contribution in [-0.4, -0.2) is 23.2 Å². The van der Waals surface area contributed by atoms with Crippen molar-refractivity contribution < 1.29 is 14.6 Å². The first kappa shape index (κ1) is 11.0. The first-order valence-electron chi connectivity index (χ1n) is 5.85. The van der Waals surface area contributed by atoms with Crippen LogP contribution in [0.2, 0.25) is 0 Å². The van der Waals surface area contributed by atoms with Crippen molar-refractivity contribution in [3.63, 3.8) is 0 Å². The van der Waals surface area contributed by atoms with E-state index in [1.165, 1.54) is 0 Å². The van der Waals surface area contributed by atoms with Crippen LogP contribution in [0.5, 0.6) is 5.88 Å². The largest absolute Gasteiger partial charge is 0.481 e. The van der Waals surface area contributed by atoms with Gasteiger partial charge in [0, 0.05) is 11.6 Å². The first-order valence-corrected chi connectivity index (χ1v) is 5.85. The number of nitrogens with zero attached hydrogens (tertiary/aromatic N) is 1. The zero-order valence-corrected chi connectivity index (χ0v) is 10.0. The number of methoxy groups -OCH3 is 1. The number of pyridine rings is 1. The number of fused-ring (bicyclic) bond motifs is 1. The van der Waals surface area contributed by atoms with Crippen LogP contribution < -0.4 is 4.74 Å². The van der Waals surface area contributed by atoms with Crippen LogP contribution in [0.3, 0.4) is 0 Å². The second-order valence-corrected chi connectivity index (χ2v) is 4.61. The molecular weight excluding hydrogens is 230 g/mol. The fourth-order valence-electron chi connectivity index (χ4n) is 2.43. The van der Waals surface area contributed by atoms with Crippen molar-refractivity contribution in [2.75, 3.05) is 7.11 Å². The molecule has 3 rings (SSSR count). The van der Waals surface area contributed by atoms with Gasteiger partial charge in [-0.3, -0.25) is 4.79 Å². The Hall–Kier alpha value is -2.10. The van der Waals surface area contributed by atoms with E-state index in [4.69, 9.17) is 4.74 Å². The quantitative estimate of drug-likeness (QED) is 0.899. The summed E-state index contributed by atoms with van der Waals surface area (Å²) in [4.78, 5) is 15.7. The van der Waals surface area contributed by atoms with Gasteiger partial charge in [-0.05, 0) is 29.9 Å². The predicted molar refractivity (Wildman–Crippen MR) is 66.8 cm³/mol. The molecular formula is C14H13NO3. The third-order valence-corrected chi connectivity index (χ3v) is 3.63. The maximum absolute atomic E-state index is 11.4. The number of aromatic nitrogens is 1. The summed E-state index contributed by atoms with van der Waals surface area (Å²) in [5.41, 5.74) is 0.0604. The zero-order valence-electron chi connectivity index (χ0n) is 10.0. The van der Waals surface area contributed by atoms with E-state index in [-0.39, 0.29) is 0 Å². The number of aliphatic carboxylic acids is 1. The van der Waals surface area contributed by atoms with Crippen molar-refractivity contribution in [3.8, 4) is 5.88 Å². The van der Waals surface area contributed by atoms with E-state index < -0.39 is 11.4 Å². The summed E-state index contributed by atoms with van der Waals surface area (Å²) >= 11 is 0. The lowest BCUT2D eigenvalue weighted by Crippen LogP contribution is -2.20. The summed E-state index contributed by atoms with van der Waals surface area (Å²) in [6.07, 6.45) is 3.00. The van der Waals surface area contributed by atoms with Crippen LogP contribution in [-0.2, 0) is 10.2 Å². The molecule has 0 radical (unpaired) electrons. The van der Waals surface area contributed by atoms with E-state index in [0.29, 0.717) is 18.7 Å². The maximum Gasteiger partial charge on any atom is 0.314 e. The van der Waals surface area contributed by atoms with Gasteiger partial charge in [0.15, 0.2) is 0 Å². The maximum atomic E-state index is 11.4. The highest BCUT2D eigenvalue weighted by molar-refractivity contribution is 5.96. The predicted octanol–water partition coefficient (Wildman–Crippen LogP) is 2.36. The number of hydrogen-bond acceptors (Lipinski definition) is 3. The normalized spacial score (nSPS) is 16.5. The zero-order chi connectivity index (χ0) is 12.8. The molecule has 18 heavy (non-hydrogen) atoms. The van der Waals surface area contributed by atoms with E-state index in [2.05, 4.69) is 4.98 Å². The number of ether oxygens (including phenoxy) is 1. The summed E-state index contributed by atoms with van der Waals surface area (Å²) in [6.45, 7) is 0. The molecule has 0 aliphatic heterocycles. The highest BCUT2D eigenvalue weighted by Gasteiger charge is 2.52. The minimum absolute atomic E-state index is 0.538. The van der Waals surface area contributed by atoms with Gasteiger partial charge in [0.2, 0.25) is 5.88 Å². The highest BCUT2D eigenvalue weighted by atomic mass is 16.5. The third kappa shape index (κ3) is 1.38. The number of rotatable bonds is 3. The van der Waals surface area contributed by atoms with Gasteiger partial charge in [0.25, 0.3) is 0 Å². The van der Waals surface area contributed by atoms with Crippen LogP contribution in [0, 0.1) is 0 Å². The average molecular weight is 243 g/mol. The molecule has 0 spiro atoms. The lowest BCUT2D eigenvalue weighted by Gasteiger charge is -2.14. The Labute approximate surface area is 104 Å². The molecule has 92 valence electrons. The number of carboxylic acids is 1. The summed E-state index contributed by atoms with van der Waals surface area (Å²) in [6, 6.07) is 7.64. The van der Waals surface area contributed by atoms with Crippen molar-refractivity contribution in [2.24, 2.45) is 0 Å². The summed E-state index contributed by atoms with van der Waals surface area (Å²) in [7, 11) is 1.57. The molecule has 0 saturated heterocycles. The van der Waals surface area contributed by atoms with E-state index in [0.717, 1.165) is 16.3 Å². The van der Waals surface area contributed by atoms with Crippen LogP contribution in [0.1, 0.15) is 18.4 Å². The smallest absolute Gasteiger partial charge is 0.314 e. The third-order valence-electron chi connectivity index (χ3n) is 3.63. The van der Waals surface area contributed by atoms with Gasteiger partial charge in [0.1, 0.15) is 0 Å². The lowest BCUT2D eigenvalue weighted by atomic mass is 9.93. The number of benzene rings is 1. The molecule has 1 aromatic carbocycles. The van der Waals surface area contributed by atoms with Gasteiger partial charge in [0.05, 0.1) is 12.5 Å². The molecule has 1 N–H and O–H groups in total. The van der Waals surface area contributed by atoms with Crippen molar-refractivity contribution in [1.82, 2.24) is 4.98 Å². The minimum atomic E-state index is -0.764. The second kappa shape index (κ2) is 3.70. The molecule has 0 amide bonds. The molecule has 1 saturated carbocycles. The lowest BCUT2D eigenvalue weighted by molar-refractivity contribution is -0.140. The Bertz CT molecular complexity index is 632. The fourth-order valence-corrected chi connectivity index (χ4v) is 2.43. The van der Waals surface area contributed by atoms with Crippen molar-refractivity contribution in [3.05, 3.63) is 36.0 Å². The fraction of sp³-hybridized carbons (Fsp3) is 0.286. The number of carboxylic acid groups (broad SMARTS) is 1. The molecule has 0 atom stereocenters. The van der Waals surface area contributed by atoms with Gasteiger partial charge in [-0.15, -0.1) is 0 Å². The molecule has 1 heterocycles. The van der Waals surface area contributed by atoms with Gasteiger partial charge in [-0.25, -0.2) is 4.98 Å². The molecule has 1 aliphatic rings. The Morgan fingerprint density at radius 1 is 1.33 bits per heavy atom. The molecule has 4 heteroatoms. The van der Waals surface area contributed by atoms with Crippen LogP contribution in [0.15, 0.2) is 30.5 Å².